The molecule has 0 amide bonds. The quantitative estimate of drug-likeness (QED) is 0.819. The van der Waals surface area contributed by atoms with Gasteiger partial charge in [-0.3, -0.25) is 0 Å². The molecule has 4 nitrogen and oxygen atoms in total. The monoisotopic (exact) mass is 247 g/mol. The molecule has 0 aliphatic rings. The molecular formula is C12H10ClN3O. The van der Waals surface area contributed by atoms with Crippen molar-refractivity contribution in [2.75, 3.05) is 19.0 Å². The Hall–Kier alpha value is -1.99. The third kappa shape index (κ3) is 2.24. The lowest BCUT2D eigenvalue weighted by atomic mass is 10.2. The number of aromatic nitrogens is 1. The van der Waals surface area contributed by atoms with Gasteiger partial charge in [-0.25, -0.2) is 0 Å². The highest BCUT2D eigenvalue weighted by Gasteiger charge is 2.15. The minimum absolute atomic E-state index is 0.278. The maximum Gasteiger partial charge on any atom is 0.234 e. The van der Waals surface area contributed by atoms with Crippen LogP contribution in [0.15, 0.2) is 28.7 Å². The van der Waals surface area contributed by atoms with Crippen molar-refractivity contribution in [2.45, 2.75) is 0 Å². The predicted molar refractivity (Wildman–Crippen MR) is 66.0 cm³/mol. The van der Waals surface area contributed by atoms with Crippen LogP contribution in [0.25, 0.3) is 11.5 Å². The van der Waals surface area contributed by atoms with Gasteiger partial charge < -0.3 is 9.32 Å². The van der Waals surface area contributed by atoms with Crippen LogP contribution in [0.4, 0.5) is 5.88 Å². The second kappa shape index (κ2) is 4.48. The summed E-state index contributed by atoms with van der Waals surface area (Å²) in [5.41, 5.74) is 1.07. The third-order valence-corrected chi connectivity index (χ3v) is 2.46. The number of nitrogens with zero attached hydrogens (tertiary/aromatic N) is 3. The summed E-state index contributed by atoms with van der Waals surface area (Å²) in [6.45, 7) is 0. The van der Waals surface area contributed by atoms with Crippen LogP contribution < -0.4 is 4.90 Å². The number of hydrogen-bond donors (Lipinski definition) is 0. The van der Waals surface area contributed by atoms with Gasteiger partial charge in [-0.1, -0.05) is 11.6 Å². The molecule has 0 saturated carbocycles. The van der Waals surface area contributed by atoms with E-state index in [-0.39, 0.29) is 5.69 Å². The first-order valence-electron chi connectivity index (χ1n) is 4.96. The number of hydrogen-bond acceptors (Lipinski definition) is 4. The average Bonchev–Trinajstić information content (AvgIpc) is 2.74. The number of benzene rings is 1. The van der Waals surface area contributed by atoms with E-state index in [1.165, 1.54) is 0 Å². The van der Waals surface area contributed by atoms with Gasteiger partial charge in [-0.2, -0.15) is 10.2 Å². The molecule has 0 atom stereocenters. The SMILES string of the molecule is CN(C)c1oc(-c2ccc(Cl)cc2)nc1C#N. The molecule has 0 N–H and O–H groups in total. The van der Waals surface area contributed by atoms with Crippen LogP contribution in [0.1, 0.15) is 5.69 Å². The molecule has 2 rings (SSSR count). The first-order valence-corrected chi connectivity index (χ1v) is 5.34. The van der Waals surface area contributed by atoms with E-state index in [4.69, 9.17) is 21.3 Å². The van der Waals surface area contributed by atoms with Gasteiger partial charge in [0, 0.05) is 24.7 Å². The molecule has 0 bridgehead atoms. The van der Waals surface area contributed by atoms with Crippen LogP contribution in [0.3, 0.4) is 0 Å². The van der Waals surface area contributed by atoms with E-state index >= 15 is 0 Å². The van der Waals surface area contributed by atoms with E-state index in [1.54, 1.807) is 43.3 Å². The molecule has 2 aromatic rings. The Morgan fingerprint density at radius 3 is 2.41 bits per heavy atom. The Morgan fingerprint density at radius 1 is 1.29 bits per heavy atom. The number of oxazole rings is 1. The Labute approximate surface area is 104 Å². The van der Waals surface area contributed by atoms with Gasteiger partial charge in [0.2, 0.25) is 17.5 Å². The van der Waals surface area contributed by atoms with Gasteiger partial charge in [-0.05, 0) is 24.3 Å². The minimum atomic E-state index is 0.278. The van der Waals surface area contributed by atoms with E-state index in [0.29, 0.717) is 16.8 Å². The zero-order valence-corrected chi connectivity index (χ0v) is 10.2. The van der Waals surface area contributed by atoms with E-state index in [1.807, 2.05) is 6.07 Å². The van der Waals surface area contributed by atoms with Crippen LogP contribution >= 0.6 is 11.6 Å². The van der Waals surface area contributed by atoms with Crippen LogP contribution in [-0.2, 0) is 0 Å². The summed E-state index contributed by atoms with van der Waals surface area (Å²) in [5, 5.41) is 9.60. The standard InChI is InChI=1S/C12H10ClN3O/c1-16(2)12-10(7-14)15-11(17-12)8-3-5-9(13)6-4-8/h3-6H,1-2H3. The second-order valence-corrected chi connectivity index (χ2v) is 4.12. The Morgan fingerprint density at radius 2 is 1.94 bits per heavy atom. The lowest BCUT2D eigenvalue weighted by molar-refractivity contribution is 0.571. The third-order valence-electron chi connectivity index (χ3n) is 2.21. The van der Waals surface area contributed by atoms with Crippen LogP contribution in [0.5, 0.6) is 0 Å². The fourth-order valence-electron chi connectivity index (χ4n) is 1.40. The van der Waals surface area contributed by atoms with Crippen molar-refractivity contribution in [3.05, 3.63) is 35.0 Å². The topological polar surface area (TPSA) is 53.1 Å². The Balaban J connectivity index is 2.47. The molecule has 0 fully saturated rings. The number of rotatable bonds is 2. The van der Waals surface area contributed by atoms with Crippen molar-refractivity contribution < 1.29 is 4.42 Å². The molecule has 0 radical (unpaired) electrons. The van der Waals surface area contributed by atoms with Gasteiger partial charge in [0.25, 0.3) is 0 Å². The van der Waals surface area contributed by atoms with Crippen LogP contribution in [0, 0.1) is 11.3 Å². The van der Waals surface area contributed by atoms with Gasteiger partial charge in [0.05, 0.1) is 0 Å². The molecule has 0 aliphatic heterocycles. The minimum Gasteiger partial charge on any atom is -0.419 e. The average molecular weight is 248 g/mol. The van der Waals surface area contributed by atoms with Crippen molar-refractivity contribution in [2.24, 2.45) is 0 Å². The molecule has 0 aliphatic carbocycles. The molecule has 86 valence electrons. The summed E-state index contributed by atoms with van der Waals surface area (Å²) in [4.78, 5) is 5.85. The summed E-state index contributed by atoms with van der Waals surface area (Å²) >= 11 is 5.80. The second-order valence-electron chi connectivity index (χ2n) is 3.69. The van der Waals surface area contributed by atoms with Crippen LogP contribution in [-0.4, -0.2) is 19.1 Å². The number of nitriles is 1. The normalized spacial score (nSPS) is 10.0. The largest absolute Gasteiger partial charge is 0.419 e. The fraction of sp³-hybridized carbons (Fsp3) is 0.167. The fourth-order valence-corrected chi connectivity index (χ4v) is 1.53. The maximum atomic E-state index is 8.95. The summed E-state index contributed by atoms with van der Waals surface area (Å²) in [7, 11) is 3.60. The molecule has 1 heterocycles. The highest BCUT2D eigenvalue weighted by molar-refractivity contribution is 6.30. The molecule has 0 unspecified atom stereocenters. The van der Waals surface area contributed by atoms with Gasteiger partial charge in [-0.15, -0.1) is 0 Å². The smallest absolute Gasteiger partial charge is 0.234 e. The van der Waals surface area contributed by atoms with E-state index < -0.39 is 0 Å². The molecule has 0 spiro atoms. The summed E-state index contributed by atoms with van der Waals surface area (Å²) in [6, 6.07) is 9.11. The molecule has 5 heteroatoms. The maximum absolute atomic E-state index is 8.95. The highest BCUT2D eigenvalue weighted by atomic mass is 35.5. The van der Waals surface area contributed by atoms with Gasteiger partial charge in [0.1, 0.15) is 6.07 Å². The van der Waals surface area contributed by atoms with Crippen molar-refractivity contribution in [1.82, 2.24) is 4.98 Å². The van der Waals surface area contributed by atoms with E-state index in [0.717, 1.165) is 5.56 Å². The summed E-state index contributed by atoms with van der Waals surface area (Å²) in [5.74, 6) is 0.874. The molecule has 0 saturated heterocycles. The first-order chi connectivity index (χ1) is 8.11. The lowest BCUT2D eigenvalue weighted by Gasteiger charge is -2.06. The first kappa shape index (κ1) is 11.5. The molecule has 1 aromatic carbocycles. The number of halogens is 1. The lowest BCUT2D eigenvalue weighted by Crippen LogP contribution is -2.08. The summed E-state index contributed by atoms with van der Waals surface area (Å²) in [6.07, 6.45) is 0. The molecule has 1 aromatic heterocycles. The number of anilines is 1. The van der Waals surface area contributed by atoms with Crippen LogP contribution in [0.2, 0.25) is 5.02 Å². The van der Waals surface area contributed by atoms with E-state index in [2.05, 4.69) is 4.98 Å². The van der Waals surface area contributed by atoms with Gasteiger partial charge in [0.15, 0.2) is 0 Å². The zero-order valence-electron chi connectivity index (χ0n) is 9.44. The van der Waals surface area contributed by atoms with Crippen molar-refractivity contribution in [1.29, 1.82) is 5.26 Å². The Kier molecular flexibility index (Phi) is 3.03. The Bertz CT molecular complexity index is 566. The van der Waals surface area contributed by atoms with E-state index in [9.17, 15) is 0 Å². The summed E-state index contributed by atoms with van der Waals surface area (Å²) < 4.78 is 5.54. The molecular weight excluding hydrogens is 238 g/mol. The zero-order chi connectivity index (χ0) is 12.4. The predicted octanol–water partition coefficient (Wildman–Crippen LogP) is 2.93. The van der Waals surface area contributed by atoms with Crippen molar-refractivity contribution in [3.63, 3.8) is 0 Å². The van der Waals surface area contributed by atoms with Crippen molar-refractivity contribution >= 4 is 17.5 Å². The van der Waals surface area contributed by atoms with Gasteiger partial charge >= 0.3 is 0 Å². The van der Waals surface area contributed by atoms with Crippen molar-refractivity contribution in [3.8, 4) is 17.5 Å². The highest BCUT2D eigenvalue weighted by Crippen LogP contribution is 2.27. The molecule has 17 heavy (non-hydrogen) atoms.